The number of methoxy groups -OCH3 is 2. The van der Waals surface area contributed by atoms with E-state index in [-0.39, 0.29) is 12.0 Å². The van der Waals surface area contributed by atoms with Gasteiger partial charge in [-0.2, -0.15) is 9.97 Å². The van der Waals surface area contributed by atoms with Gasteiger partial charge in [0.15, 0.2) is 0 Å². The Morgan fingerprint density at radius 3 is 2.28 bits per heavy atom. The summed E-state index contributed by atoms with van der Waals surface area (Å²) in [4.78, 5) is 12.0. The fourth-order valence-corrected chi connectivity index (χ4v) is 1.24. The minimum Gasteiger partial charge on any atom is -0.467 e. The molecule has 0 radical (unpaired) electrons. The average Bonchev–Trinajstić information content (AvgIpc) is 2.42. The summed E-state index contributed by atoms with van der Waals surface area (Å²) in [6.07, 6.45) is 0.827. The SMILES string of the molecule is COc1nc(NCCCOCCCl)nc(OC)n1. The average molecular weight is 277 g/mol. The van der Waals surface area contributed by atoms with Crippen LogP contribution in [-0.2, 0) is 4.74 Å². The van der Waals surface area contributed by atoms with Crippen LogP contribution in [0.3, 0.4) is 0 Å². The van der Waals surface area contributed by atoms with Crippen LogP contribution >= 0.6 is 11.6 Å². The highest BCUT2D eigenvalue weighted by Crippen LogP contribution is 2.11. The van der Waals surface area contributed by atoms with Crippen LogP contribution in [-0.4, -0.2) is 54.8 Å². The van der Waals surface area contributed by atoms with Gasteiger partial charge in [0.1, 0.15) is 0 Å². The number of hydrogen-bond acceptors (Lipinski definition) is 7. The lowest BCUT2D eigenvalue weighted by molar-refractivity contribution is 0.149. The van der Waals surface area contributed by atoms with E-state index in [9.17, 15) is 0 Å². The van der Waals surface area contributed by atoms with E-state index in [1.165, 1.54) is 14.2 Å². The van der Waals surface area contributed by atoms with E-state index in [0.29, 0.717) is 31.6 Å². The topological polar surface area (TPSA) is 78.4 Å². The molecule has 1 heterocycles. The summed E-state index contributed by atoms with van der Waals surface area (Å²) in [6.45, 7) is 1.88. The van der Waals surface area contributed by atoms with E-state index in [0.717, 1.165) is 6.42 Å². The number of alkyl halides is 1. The van der Waals surface area contributed by atoms with Gasteiger partial charge in [0.05, 0.1) is 20.8 Å². The number of anilines is 1. The highest BCUT2D eigenvalue weighted by molar-refractivity contribution is 6.17. The Kier molecular flexibility index (Phi) is 7.12. The fraction of sp³-hybridized carbons (Fsp3) is 0.700. The fourth-order valence-electron chi connectivity index (χ4n) is 1.13. The summed E-state index contributed by atoms with van der Waals surface area (Å²) >= 11 is 5.48. The first kappa shape index (κ1) is 14.7. The Labute approximate surface area is 111 Å². The van der Waals surface area contributed by atoms with Gasteiger partial charge >= 0.3 is 12.0 Å². The highest BCUT2D eigenvalue weighted by Gasteiger charge is 2.05. The molecule has 102 valence electrons. The zero-order valence-electron chi connectivity index (χ0n) is 10.5. The molecule has 0 spiro atoms. The largest absolute Gasteiger partial charge is 0.467 e. The molecule has 7 nitrogen and oxygen atoms in total. The molecule has 0 unspecified atom stereocenters. The molecule has 1 aromatic rings. The molecule has 1 aromatic heterocycles. The number of ether oxygens (including phenoxy) is 3. The van der Waals surface area contributed by atoms with Gasteiger partial charge in [-0.25, -0.2) is 0 Å². The van der Waals surface area contributed by atoms with Gasteiger partial charge in [0.25, 0.3) is 0 Å². The molecule has 18 heavy (non-hydrogen) atoms. The number of nitrogens with zero attached hydrogens (tertiary/aromatic N) is 3. The molecule has 1 rings (SSSR count). The monoisotopic (exact) mass is 276 g/mol. The van der Waals surface area contributed by atoms with E-state index in [1.54, 1.807) is 0 Å². The van der Waals surface area contributed by atoms with Crippen molar-refractivity contribution in [1.29, 1.82) is 0 Å². The maximum absolute atomic E-state index is 5.48. The highest BCUT2D eigenvalue weighted by atomic mass is 35.5. The molecule has 0 aromatic carbocycles. The second-order valence-electron chi connectivity index (χ2n) is 3.21. The van der Waals surface area contributed by atoms with E-state index >= 15 is 0 Å². The van der Waals surface area contributed by atoms with Gasteiger partial charge in [-0.15, -0.1) is 16.6 Å². The summed E-state index contributed by atoms with van der Waals surface area (Å²) in [6, 6.07) is 0.422. The summed E-state index contributed by atoms with van der Waals surface area (Å²) < 4.78 is 15.1. The van der Waals surface area contributed by atoms with Crippen LogP contribution in [0, 0.1) is 0 Å². The smallest absolute Gasteiger partial charge is 0.324 e. The Morgan fingerprint density at radius 1 is 1.06 bits per heavy atom. The van der Waals surface area contributed by atoms with Crippen molar-refractivity contribution >= 4 is 17.5 Å². The first-order valence-electron chi connectivity index (χ1n) is 5.51. The lowest BCUT2D eigenvalue weighted by Crippen LogP contribution is -2.10. The molecule has 1 N–H and O–H groups in total. The van der Waals surface area contributed by atoms with E-state index < -0.39 is 0 Å². The second kappa shape index (κ2) is 8.71. The van der Waals surface area contributed by atoms with Crippen molar-refractivity contribution in [3.63, 3.8) is 0 Å². The molecule has 0 aliphatic rings. The zero-order valence-corrected chi connectivity index (χ0v) is 11.2. The molecule has 0 aliphatic carbocycles. The van der Waals surface area contributed by atoms with E-state index in [1.807, 2.05) is 0 Å². The maximum atomic E-state index is 5.48. The minimum absolute atomic E-state index is 0.211. The third-order valence-electron chi connectivity index (χ3n) is 1.93. The predicted molar refractivity (Wildman–Crippen MR) is 67.6 cm³/mol. The van der Waals surface area contributed by atoms with Crippen molar-refractivity contribution in [3.05, 3.63) is 0 Å². The van der Waals surface area contributed by atoms with Crippen LogP contribution in [0.15, 0.2) is 0 Å². The van der Waals surface area contributed by atoms with Crippen LogP contribution in [0.2, 0.25) is 0 Å². The van der Waals surface area contributed by atoms with Gasteiger partial charge in [-0.1, -0.05) is 0 Å². The first-order chi connectivity index (χ1) is 8.80. The van der Waals surface area contributed by atoms with Crippen molar-refractivity contribution in [2.24, 2.45) is 0 Å². The number of aromatic nitrogens is 3. The molecule has 0 fully saturated rings. The van der Waals surface area contributed by atoms with E-state index in [4.69, 9.17) is 25.8 Å². The van der Waals surface area contributed by atoms with Crippen LogP contribution in [0.1, 0.15) is 6.42 Å². The molecule has 0 saturated heterocycles. The molecule has 8 heteroatoms. The van der Waals surface area contributed by atoms with Crippen molar-refractivity contribution in [2.45, 2.75) is 6.42 Å². The molecule has 0 atom stereocenters. The predicted octanol–water partition coefficient (Wildman–Crippen LogP) is 0.946. The van der Waals surface area contributed by atoms with Gasteiger partial charge < -0.3 is 19.5 Å². The van der Waals surface area contributed by atoms with Crippen LogP contribution < -0.4 is 14.8 Å². The Bertz CT molecular complexity index is 332. The van der Waals surface area contributed by atoms with Crippen molar-refractivity contribution in [1.82, 2.24) is 15.0 Å². The third kappa shape index (κ3) is 5.33. The van der Waals surface area contributed by atoms with Gasteiger partial charge in [-0.05, 0) is 6.42 Å². The second-order valence-corrected chi connectivity index (χ2v) is 3.59. The molecule has 0 bridgehead atoms. The van der Waals surface area contributed by atoms with Crippen molar-refractivity contribution in [3.8, 4) is 12.0 Å². The van der Waals surface area contributed by atoms with Gasteiger partial charge in [-0.3, -0.25) is 0 Å². The molecule has 0 amide bonds. The van der Waals surface area contributed by atoms with Crippen molar-refractivity contribution in [2.75, 3.05) is 45.2 Å². The van der Waals surface area contributed by atoms with Crippen molar-refractivity contribution < 1.29 is 14.2 Å². The van der Waals surface area contributed by atoms with Crippen LogP contribution in [0.4, 0.5) is 5.95 Å². The van der Waals surface area contributed by atoms with Crippen LogP contribution in [0.5, 0.6) is 12.0 Å². The number of nitrogens with one attached hydrogen (secondary N) is 1. The summed E-state index contributed by atoms with van der Waals surface area (Å²) in [7, 11) is 2.97. The quantitative estimate of drug-likeness (QED) is 0.531. The zero-order chi connectivity index (χ0) is 13.2. The number of rotatable bonds is 9. The van der Waals surface area contributed by atoms with E-state index in [2.05, 4.69) is 20.3 Å². The lowest BCUT2D eigenvalue weighted by atomic mass is 10.4. The minimum atomic E-state index is 0.211. The van der Waals surface area contributed by atoms with Crippen LogP contribution in [0.25, 0.3) is 0 Å². The summed E-state index contributed by atoms with van der Waals surface area (Å²) in [5.74, 6) is 0.922. The van der Waals surface area contributed by atoms with Gasteiger partial charge in [0.2, 0.25) is 5.95 Å². The molecule has 0 saturated carbocycles. The molecular weight excluding hydrogens is 260 g/mol. The normalized spacial score (nSPS) is 10.2. The Hall–Kier alpha value is -1.34. The standard InChI is InChI=1S/C10H17ClN4O3/c1-16-9-13-8(14-10(15-9)17-2)12-5-3-6-18-7-4-11/h3-7H2,1-2H3,(H,12,13,14,15). The Morgan fingerprint density at radius 2 is 1.72 bits per heavy atom. The molecular formula is C10H17ClN4O3. The maximum Gasteiger partial charge on any atom is 0.324 e. The molecule has 0 aliphatic heterocycles. The Balaban J connectivity index is 2.36. The lowest BCUT2D eigenvalue weighted by Gasteiger charge is -2.07. The summed E-state index contributed by atoms with van der Waals surface area (Å²) in [5, 5.41) is 3.04. The first-order valence-corrected chi connectivity index (χ1v) is 6.05. The summed E-state index contributed by atoms with van der Waals surface area (Å²) in [5.41, 5.74) is 0. The number of hydrogen-bond donors (Lipinski definition) is 1. The van der Waals surface area contributed by atoms with Gasteiger partial charge in [0, 0.05) is 19.0 Å². The number of halogens is 1. The third-order valence-corrected chi connectivity index (χ3v) is 2.08.